The van der Waals surface area contributed by atoms with Crippen molar-refractivity contribution in [2.45, 2.75) is 32.4 Å². The minimum Gasteiger partial charge on any atom is -0.434 e. The van der Waals surface area contributed by atoms with E-state index in [9.17, 15) is 8.78 Å². The molecule has 0 radical (unpaired) electrons. The molecule has 1 N–H and O–H groups in total. The number of halogens is 2. The summed E-state index contributed by atoms with van der Waals surface area (Å²) in [6, 6.07) is 7.07. The van der Waals surface area contributed by atoms with Crippen LogP contribution in [0.4, 0.5) is 8.78 Å². The number of hydrogen-bond donors (Lipinski definition) is 1. The smallest absolute Gasteiger partial charge is 0.387 e. The van der Waals surface area contributed by atoms with Gasteiger partial charge in [0.25, 0.3) is 0 Å². The first-order chi connectivity index (χ1) is 9.72. The maximum atomic E-state index is 12.5. The van der Waals surface area contributed by atoms with Gasteiger partial charge in [0.1, 0.15) is 5.75 Å². The summed E-state index contributed by atoms with van der Waals surface area (Å²) in [5.74, 6) is 0.645. The molecule has 1 aromatic carbocycles. The van der Waals surface area contributed by atoms with E-state index in [1.165, 1.54) is 0 Å². The summed E-state index contributed by atoms with van der Waals surface area (Å²) in [6.45, 7) is 1.45. The van der Waals surface area contributed by atoms with E-state index in [0.717, 1.165) is 38.2 Å². The maximum absolute atomic E-state index is 12.5. The molecule has 1 aliphatic heterocycles. The number of benzene rings is 1. The molecule has 20 heavy (non-hydrogen) atoms. The van der Waals surface area contributed by atoms with Crippen LogP contribution in [0, 0.1) is 5.92 Å². The van der Waals surface area contributed by atoms with Crippen molar-refractivity contribution in [3.05, 3.63) is 29.8 Å². The average Bonchev–Trinajstić information content (AvgIpc) is 2.46. The molecule has 2 rings (SSSR count). The first-order valence-corrected chi connectivity index (χ1v) is 7.07. The molecule has 0 saturated carbocycles. The molecular weight excluding hydrogens is 264 g/mol. The Balaban J connectivity index is 2.23. The molecule has 3 nitrogen and oxygen atoms in total. The van der Waals surface area contributed by atoms with Gasteiger partial charge in [-0.15, -0.1) is 0 Å². The van der Waals surface area contributed by atoms with Crippen LogP contribution >= 0.6 is 0 Å². The lowest BCUT2D eigenvalue weighted by molar-refractivity contribution is -0.0511. The van der Waals surface area contributed by atoms with Crippen molar-refractivity contribution in [3.63, 3.8) is 0 Å². The number of hydrogen-bond acceptors (Lipinski definition) is 3. The van der Waals surface area contributed by atoms with Crippen molar-refractivity contribution in [1.82, 2.24) is 5.32 Å². The summed E-state index contributed by atoms with van der Waals surface area (Å²) in [6.07, 6.45) is 1.86. The second kappa shape index (κ2) is 7.55. The van der Waals surface area contributed by atoms with E-state index in [-0.39, 0.29) is 11.8 Å². The molecule has 0 amide bonds. The van der Waals surface area contributed by atoms with Gasteiger partial charge in [-0.3, -0.25) is 0 Å². The molecule has 112 valence electrons. The fourth-order valence-corrected chi connectivity index (χ4v) is 2.74. The minimum absolute atomic E-state index is 0.0267. The molecular formula is C15H21F2NO2. The van der Waals surface area contributed by atoms with Crippen LogP contribution < -0.4 is 10.1 Å². The molecule has 1 aliphatic rings. The molecule has 0 aliphatic carbocycles. The highest BCUT2D eigenvalue weighted by Gasteiger charge is 2.27. The SMILES string of the molecule is CCNC(c1ccccc1OC(F)F)C1CCOCC1. The summed E-state index contributed by atoms with van der Waals surface area (Å²) in [5, 5.41) is 3.40. The zero-order valence-corrected chi connectivity index (χ0v) is 11.6. The van der Waals surface area contributed by atoms with E-state index in [2.05, 4.69) is 10.1 Å². The lowest BCUT2D eigenvalue weighted by Gasteiger charge is -2.32. The molecule has 1 aromatic rings. The molecule has 1 saturated heterocycles. The average molecular weight is 285 g/mol. The van der Waals surface area contributed by atoms with Crippen molar-refractivity contribution in [2.75, 3.05) is 19.8 Å². The molecule has 1 heterocycles. The highest BCUT2D eigenvalue weighted by molar-refractivity contribution is 5.36. The first kappa shape index (κ1) is 15.2. The standard InChI is InChI=1S/C15H21F2NO2/c1-2-18-14(11-7-9-19-10-8-11)12-5-3-4-6-13(12)20-15(16)17/h3-6,11,14-15,18H,2,7-10H2,1H3. The second-order valence-corrected chi connectivity index (χ2v) is 4.90. The molecule has 1 unspecified atom stereocenters. The summed E-state index contributed by atoms with van der Waals surface area (Å²) >= 11 is 0. The Labute approximate surface area is 118 Å². The predicted octanol–water partition coefficient (Wildman–Crippen LogP) is 3.37. The summed E-state index contributed by atoms with van der Waals surface area (Å²) < 4.78 is 35.1. The van der Waals surface area contributed by atoms with Gasteiger partial charge in [-0.05, 0) is 31.4 Å². The third-order valence-corrected chi connectivity index (χ3v) is 3.63. The number of ether oxygens (including phenoxy) is 2. The van der Waals surface area contributed by atoms with Crippen molar-refractivity contribution in [1.29, 1.82) is 0 Å². The highest BCUT2D eigenvalue weighted by Crippen LogP contribution is 2.35. The molecule has 0 spiro atoms. The Morgan fingerprint density at radius 1 is 1.30 bits per heavy atom. The van der Waals surface area contributed by atoms with Crippen molar-refractivity contribution >= 4 is 0 Å². The topological polar surface area (TPSA) is 30.5 Å². The van der Waals surface area contributed by atoms with E-state index >= 15 is 0 Å². The monoisotopic (exact) mass is 285 g/mol. The van der Waals surface area contributed by atoms with Crippen LogP contribution in [-0.4, -0.2) is 26.4 Å². The second-order valence-electron chi connectivity index (χ2n) is 4.90. The number of alkyl halides is 2. The van der Waals surface area contributed by atoms with Crippen LogP contribution in [0.1, 0.15) is 31.4 Å². The molecule has 0 aromatic heterocycles. The van der Waals surface area contributed by atoms with Crippen molar-refractivity contribution in [3.8, 4) is 5.75 Å². The third kappa shape index (κ3) is 3.90. The maximum Gasteiger partial charge on any atom is 0.387 e. The Hall–Kier alpha value is -1.20. The lowest BCUT2D eigenvalue weighted by Crippen LogP contribution is -2.32. The van der Waals surface area contributed by atoms with Crippen LogP contribution in [0.5, 0.6) is 5.75 Å². The zero-order chi connectivity index (χ0) is 14.4. The van der Waals surface area contributed by atoms with Gasteiger partial charge in [0, 0.05) is 24.8 Å². The van der Waals surface area contributed by atoms with Crippen LogP contribution in [0.15, 0.2) is 24.3 Å². The lowest BCUT2D eigenvalue weighted by atomic mass is 9.86. The third-order valence-electron chi connectivity index (χ3n) is 3.63. The number of rotatable bonds is 6. The molecule has 1 atom stereocenters. The van der Waals surface area contributed by atoms with E-state index in [4.69, 9.17) is 4.74 Å². The van der Waals surface area contributed by atoms with Crippen LogP contribution in [0.3, 0.4) is 0 Å². The Bertz CT molecular complexity index is 409. The van der Waals surface area contributed by atoms with Crippen LogP contribution in [0.25, 0.3) is 0 Å². The van der Waals surface area contributed by atoms with E-state index < -0.39 is 6.61 Å². The first-order valence-electron chi connectivity index (χ1n) is 7.07. The molecule has 0 bridgehead atoms. The number of nitrogens with one attached hydrogen (secondary N) is 1. The minimum atomic E-state index is -2.80. The van der Waals surface area contributed by atoms with Gasteiger partial charge in [0.2, 0.25) is 0 Å². The summed E-state index contributed by atoms with van der Waals surface area (Å²) in [5.41, 5.74) is 0.807. The largest absolute Gasteiger partial charge is 0.434 e. The van der Waals surface area contributed by atoms with Crippen LogP contribution in [0.2, 0.25) is 0 Å². The Kier molecular flexibility index (Phi) is 5.73. The molecule has 1 fully saturated rings. The Morgan fingerprint density at radius 3 is 2.65 bits per heavy atom. The zero-order valence-electron chi connectivity index (χ0n) is 11.6. The van der Waals surface area contributed by atoms with Gasteiger partial charge in [-0.1, -0.05) is 25.1 Å². The van der Waals surface area contributed by atoms with Gasteiger partial charge in [-0.25, -0.2) is 0 Å². The number of para-hydroxylation sites is 1. The van der Waals surface area contributed by atoms with Gasteiger partial charge in [-0.2, -0.15) is 8.78 Å². The fourth-order valence-electron chi connectivity index (χ4n) is 2.74. The van der Waals surface area contributed by atoms with E-state index in [1.807, 2.05) is 19.1 Å². The fraction of sp³-hybridized carbons (Fsp3) is 0.600. The van der Waals surface area contributed by atoms with Crippen LogP contribution in [-0.2, 0) is 4.74 Å². The molecule has 5 heteroatoms. The Morgan fingerprint density at radius 2 is 2.00 bits per heavy atom. The van der Waals surface area contributed by atoms with Gasteiger partial charge in [0.15, 0.2) is 0 Å². The predicted molar refractivity (Wildman–Crippen MR) is 73.0 cm³/mol. The quantitative estimate of drug-likeness (QED) is 0.869. The summed E-state index contributed by atoms with van der Waals surface area (Å²) in [4.78, 5) is 0. The van der Waals surface area contributed by atoms with Gasteiger partial charge in [0.05, 0.1) is 0 Å². The van der Waals surface area contributed by atoms with Crippen molar-refractivity contribution in [2.24, 2.45) is 5.92 Å². The summed E-state index contributed by atoms with van der Waals surface area (Å²) in [7, 11) is 0. The van der Waals surface area contributed by atoms with Gasteiger partial charge < -0.3 is 14.8 Å². The highest BCUT2D eigenvalue weighted by atomic mass is 19.3. The van der Waals surface area contributed by atoms with E-state index in [0.29, 0.717) is 5.92 Å². The normalized spacial score (nSPS) is 18.2. The van der Waals surface area contributed by atoms with E-state index in [1.54, 1.807) is 12.1 Å². The van der Waals surface area contributed by atoms with Gasteiger partial charge >= 0.3 is 6.61 Å². The van der Waals surface area contributed by atoms with Crippen molar-refractivity contribution < 1.29 is 18.3 Å².